The Morgan fingerprint density at radius 2 is 1.68 bits per heavy atom. The maximum Gasteiger partial charge on any atom is 0.269 e. The largest absolute Gasteiger partial charge is 0.457 e. The van der Waals surface area contributed by atoms with Crippen molar-refractivity contribution in [3.8, 4) is 17.4 Å². The van der Waals surface area contributed by atoms with Gasteiger partial charge in [0.25, 0.3) is 17.3 Å². The predicted molar refractivity (Wildman–Crippen MR) is 111 cm³/mol. The maximum absolute atomic E-state index is 12.5. The van der Waals surface area contributed by atoms with Crippen molar-refractivity contribution in [3.05, 3.63) is 91.7 Å². The zero-order chi connectivity index (χ0) is 22.5. The fourth-order valence-electron chi connectivity index (χ4n) is 2.72. The van der Waals surface area contributed by atoms with Gasteiger partial charge in [0.15, 0.2) is 0 Å². The molecule has 1 heterocycles. The Kier molecular flexibility index (Phi) is 5.88. The quantitative estimate of drug-likeness (QED) is 0.265. The Hall–Kier alpha value is -4.78. The van der Waals surface area contributed by atoms with E-state index in [-0.39, 0.29) is 22.7 Å². The normalized spacial score (nSPS) is 10.9. The van der Waals surface area contributed by atoms with Crippen LogP contribution in [0.15, 0.2) is 64.6 Å². The molecule has 10 nitrogen and oxygen atoms in total. The van der Waals surface area contributed by atoms with Gasteiger partial charge in [-0.05, 0) is 42.8 Å². The highest BCUT2D eigenvalue weighted by atomic mass is 16.6. The van der Waals surface area contributed by atoms with E-state index in [1.54, 1.807) is 25.1 Å². The Labute approximate surface area is 175 Å². The summed E-state index contributed by atoms with van der Waals surface area (Å²) in [5.74, 6) is -0.0572. The number of nitriles is 1. The van der Waals surface area contributed by atoms with E-state index >= 15 is 0 Å². The average molecular weight is 418 g/mol. The topological polar surface area (TPSA) is 152 Å². The number of hydrogen-bond donors (Lipinski definition) is 1. The molecular formula is C21H14N4O6. The van der Waals surface area contributed by atoms with E-state index in [0.717, 1.165) is 0 Å². The van der Waals surface area contributed by atoms with Gasteiger partial charge in [0.1, 0.15) is 23.2 Å². The molecule has 0 radical (unpaired) electrons. The lowest BCUT2D eigenvalue weighted by molar-refractivity contribution is -0.385. The SMILES string of the molecule is Cc1cc([N+](=O)[O-])ccc1NC(=O)/C(C#N)=C/c1ccc(-c2ccc([N+](=O)[O-])cc2)o1. The van der Waals surface area contributed by atoms with E-state index < -0.39 is 15.8 Å². The fraction of sp³-hybridized carbons (Fsp3) is 0.0476. The molecule has 0 fully saturated rings. The number of nitro benzene ring substituents is 2. The van der Waals surface area contributed by atoms with Crippen LogP contribution in [0, 0.1) is 38.5 Å². The van der Waals surface area contributed by atoms with Gasteiger partial charge in [-0.3, -0.25) is 25.0 Å². The lowest BCUT2D eigenvalue weighted by Crippen LogP contribution is -2.14. The smallest absolute Gasteiger partial charge is 0.269 e. The Morgan fingerprint density at radius 3 is 2.26 bits per heavy atom. The highest BCUT2D eigenvalue weighted by Crippen LogP contribution is 2.26. The van der Waals surface area contributed by atoms with Crippen molar-refractivity contribution in [2.45, 2.75) is 6.92 Å². The van der Waals surface area contributed by atoms with Gasteiger partial charge in [-0.1, -0.05) is 0 Å². The summed E-state index contributed by atoms with van der Waals surface area (Å²) in [6, 6.07) is 14.7. The number of nitrogens with one attached hydrogen (secondary N) is 1. The van der Waals surface area contributed by atoms with Crippen LogP contribution >= 0.6 is 0 Å². The van der Waals surface area contributed by atoms with Gasteiger partial charge in [0.05, 0.1) is 9.85 Å². The summed E-state index contributed by atoms with van der Waals surface area (Å²) >= 11 is 0. The number of benzene rings is 2. The number of hydrogen-bond acceptors (Lipinski definition) is 7. The van der Waals surface area contributed by atoms with Crippen LogP contribution < -0.4 is 5.32 Å². The molecule has 0 saturated heterocycles. The molecule has 0 unspecified atom stereocenters. The zero-order valence-corrected chi connectivity index (χ0v) is 16.1. The summed E-state index contributed by atoms with van der Waals surface area (Å²) in [6.07, 6.45) is 1.25. The highest BCUT2D eigenvalue weighted by Gasteiger charge is 2.15. The lowest BCUT2D eigenvalue weighted by atomic mass is 10.1. The minimum atomic E-state index is -0.701. The van der Waals surface area contributed by atoms with Gasteiger partial charge < -0.3 is 9.73 Å². The Bertz CT molecular complexity index is 1250. The maximum atomic E-state index is 12.5. The average Bonchev–Trinajstić information content (AvgIpc) is 3.22. The second kappa shape index (κ2) is 8.71. The van der Waals surface area contributed by atoms with Crippen molar-refractivity contribution in [3.63, 3.8) is 0 Å². The first-order valence-corrected chi connectivity index (χ1v) is 8.81. The molecule has 2 aromatic carbocycles. The summed E-state index contributed by atoms with van der Waals surface area (Å²) < 4.78 is 5.62. The van der Waals surface area contributed by atoms with Crippen molar-refractivity contribution in [1.29, 1.82) is 5.26 Å². The van der Waals surface area contributed by atoms with Crippen LogP contribution in [0.25, 0.3) is 17.4 Å². The molecule has 3 aromatic rings. The minimum Gasteiger partial charge on any atom is -0.457 e. The molecule has 154 valence electrons. The Morgan fingerprint density at radius 1 is 1.03 bits per heavy atom. The zero-order valence-electron chi connectivity index (χ0n) is 16.1. The van der Waals surface area contributed by atoms with Crippen molar-refractivity contribution in [2.75, 3.05) is 5.32 Å². The molecule has 3 rings (SSSR count). The molecule has 1 amide bonds. The van der Waals surface area contributed by atoms with Crippen molar-refractivity contribution in [2.24, 2.45) is 0 Å². The Balaban J connectivity index is 1.79. The predicted octanol–water partition coefficient (Wildman–Crippen LogP) is 4.62. The number of aryl methyl sites for hydroxylation is 1. The summed E-state index contributed by atoms with van der Waals surface area (Å²) in [4.78, 5) is 33.0. The second-order valence-electron chi connectivity index (χ2n) is 6.39. The standard InChI is InChI=1S/C21H14N4O6/c1-13-10-17(25(29)30)6-8-19(13)23-21(26)15(12-22)11-18-7-9-20(31-18)14-2-4-16(5-3-14)24(27)28/h2-11H,1H3,(H,23,26)/b15-11+. The van der Waals surface area contributed by atoms with E-state index in [9.17, 15) is 30.3 Å². The van der Waals surface area contributed by atoms with Crippen LogP contribution in [0.2, 0.25) is 0 Å². The van der Waals surface area contributed by atoms with E-state index in [0.29, 0.717) is 22.6 Å². The van der Waals surface area contributed by atoms with E-state index in [2.05, 4.69) is 5.32 Å². The number of furan rings is 1. The minimum absolute atomic E-state index is 0.0552. The number of rotatable bonds is 6. The molecule has 0 aliphatic rings. The number of non-ortho nitro benzene ring substituents is 2. The van der Waals surface area contributed by atoms with Crippen LogP contribution in [-0.2, 0) is 4.79 Å². The molecule has 1 N–H and O–H groups in total. The third-order valence-corrected chi connectivity index (χ3v) is 4.31. The van der Waals surface area contributed by atoms with E-state index in [1.807, 2.05) is 0 Å². The molecule has 31 heavy (non-hydrogen) atoms. The van der Waals surface area contributed by atoms with Gasteiger partial charge >= 0.3 is 0 Å². The summed E-state index contributed by atoms with van der Waals surface area (Å²) in [5.41, 5.74) is 0.999. The van der Waals surface area contributed by atoms with Crippen molar-refractivity contribution < 1.29 is 19.1 Å². The van der Waals surface area contributed by atoms with Crippen molar-refractivity contribution in [1.82, 2.24) is 0 Å². The van der Waals surface area contributed by atoms with Gasteiger partial charge in [-0.25, -0.2) is 0 Å². The first kappa shape index (κ1) is 20.9. The van der Waals surface area contributed by atoms with Gasteiger partial charge in [-0.2, -0.15) is 5.26 Å². The molecular weight excluding hydrogens is 404 g/mol. The van der Waals surface area contributed by atoms with Crippen LogP contribution in [0.1, 0.15) is 11.3 Å². The molecule has 1 aromatic heterocycles. The highest BCUT2D eigenvalue weighted by molar-refractivity contribution is 6.09. The first-order valence-electron chi connectivity index (χ1n) is 8.81. The summed E-state index contributed by atoms with van der Waals surface area (Å²) in [5, 5.41) is 33.5. The fourth-order valence-corrected chi connectivity index (χ4v) is 2.72. The summed E-state index contributed by atoms with van der Waals surface area (Å²) in [7, 11) is 0. The van der Waals surface area contributed by atoms with Crippen LogP contribution in [0.3, 0.4) is 0 Å². The van der Waals surface area contributed by atoms with Gasteiger partial charge in [0.2, 0.25) is 0 Å². The molecule has 10 heteroatoms. The monoisotopic (exact) mass is 418 g/mol. The number of nitro groups is 2. The third kappa shape index (κ3) is 4.80. The van der Waals surface area contributed by atoms with Gasteiger partial charge in [-0.15, -0.1) is 0 Å². The van der Waals surface area contributed by atoms with Crippen LogP contribution in [0.4, 0.5) is 17.1 Å². The number of nitrogens with zero attached hydrogens (tertiary/aromatic N) is 3. The molecule has 0 spiro atoms. The molecule has 0 atom stereocenters. The van der Waals surface area contributed by atoms with Crippen LogP contribution in [-0.4, -0.2) is 15.8 Å². The van der Waals surface area contributed by atoms with Crippen molar-refractivity contribution >= 4 is 29.0 Å². The number of amides is 1. The molecule has 0 bridgehead atoms. The third-order valence-electron chi connectivity index (χ3n) is 4.31. The lowest BCUT2D eigenvalue weighted by Gasteiger charge is -2.07. The summed E-state index contributed by atoms with van der Waals surface area (Å²) in [6.45, 7) is 1.60. The molecule has 0 aliphatic heterocycles. The number of carbonyl (C=O) groups is 1. The second-order valence-corrected chi connectivity index (χ2v) is 6.39. The van der Waals surface area contributed by atoms with Gasteiger partial charge in [0, 0.05) is 41.6 Å². The number of anilines is 1. The molecule has 0 saturated carbocycles. The molecule has 0 aliphatic carbocycles. The van der Waals surface area contributed by atoms with Crippen LogP contribution in [0.5, 0.6) is 0 Å². The number of carbonyl (C=O) groups excluding carboxylic acids is 1. The van der Waals surface area contributed by atoms with E-state index in [4.69, 9.17) is 4.42 Å². The van der Waals surface area contributed by atoms with E-state index in [1.165, 1.54) is 48.5 Å². The first-order chi connectivity index (χ1) is 14.8.